The van der Waals surface area contributed by atoms with Crippen LogP contribution < -0.4 is 10.6 Å². The molecule has 0 atom stereocenters. The highest BCUT2D eigenvalue weighted by atomic mass is 127. The van der Waals surface area contributed by atoms with Crippen molar-refractivity contribution in [2.45, 2.75) is 12.8 Å². The molecule has 162 valence electrons. The van der Waals surface area contributed by atoms with Crippen LogP contribution in [0.15, 0.2) is 72.1 Å². The third kappa shape index (κ3) is 5.84. The average Bonchev–Trinajstić information content (AvgIpc) is 3.43. The van der Waals surface area contributed by atoms with Crippen LogP contribution in [0.3, 0.4) is 0 Å². The first-order chi connectivity index (χ1) is 14.7. The van der Waals surface area contributed by atoms with Crippen molar-refractivity contribution in [3.8, 4) is 5.69 Å². The molecule has 0 unspecified atom stereocenters. The van der Waals surface area contributed by atoms with Gasteiger partial charge in [-0.15, -0.1) is 24.0 Å². The lowest BCUT2D eigenvalue weighted by molar-refractivity contribution is 0.629. The van der Waals surface area contributed by atoms with Gasteiger partial charge in [0.15, 0.2) is 5.96 Å². The predicted octanol–water partition coefficient (Wildman–Crippen LogP) is 4.06. The summed E-state index contributed by atoms with van der Waals surface area (Å²) in [6.45, 7) is 1.52. The SMILES string of the molecule is CN=C(NCCc1ccc(-n2cccn2)cc1)NCCc1c[nH]c2cc(F)ccc12.I. The normalized spacial score (nSPS) is 11.4. The number of halogens is 2. The standard InChI is InChI=1S/C23H25FN6.HI/c1-25-23(27-13-10-18-16-28-22-15-19(24)5-8-21(18)22)26-12-9-17-3-6-20(7-4-17)30-14-2-11-29-30;/h2-8,11,14-16,28H,9-10,12-13H2,1H3,(H2,25,26,27);1H. The summed E-state index contributed by atoms with van der Waals surface area (Å²) in [5.74, 6) is 0.545. The Bertz CT molecular complexity index is 1120. The molecule has 0 radical (unpaired) electrons. The molecule has 0 bridgehead atoms. The van der Waals surface area contributed by atoms with Crippen molar-refractivity contribution in [1.29, 1.82) is 0 Å². The monoisotopic (exact) mass is 532 g/mol. The number of hydrogen-bond donors (Lipinski definition) is 3. The van der Waals surface area contributed by atoms with E-state index < -0.39 is 0 Å². The molecule has 0 aliphatic heterocycles. The number of H-pyrrole nitrogens is 1. The molecule has 0 aliphatic rings. The molecular weight excluding hydrogens is 506 g/mol. The maximum absolute atomic E-state index is 13.3. The summed E-state index contributed by atoms with van der Waals surface area (Å²) in [5, 5.41) is 12.0. The minimum atomic E-state index is -0.227. The zero-order valence-electron chi connectivity index (χ0n) is 17.3. The highest BCUT2D eigenvalue weighted by Gasteiger charge is 2.05. The molecule has 8 heteroatoms. The number of fused-ring (bicyclic) bond motifs is 1. The van der Waals surface area contributed by atoms with Gasteiger partial charge in [-0.05, 0) is 60.4 Å². The second kappa shape index (κ2) is 10.9. The Morgan fingerprint density at radius 2 is 1.87 bits per heavy atom. The Morgan fingerprint density at radius 3 is 2.58 bits per heavy atom. The minimum Gasteiger partial charge on any atom is -0.361 e. The molecule has 3 N–H and O–H groups in total. The first-order valence-electron chi connectivity index (χ1n) is 10.0. The van der Waals surface area contributed by atoms with Crippen LogP contribution in [0.5, 0.6) is 0 Å². The number of nitrogens with zero attached hydrogens (tertiary/aromatic N) is 3. The van der Waals surface area contributed by atoms with Crippen molar-refractivity contribution < 1.29 is 4.39 Å². The lowest BCUT2D eigenvalue weighted by Crippen LogP contribution is -2.39. The zero-order chi connectivity index (χ0) is 20.8. The average molecular weight is 532 g/mol. The van der Waals surface area contributed by atoms with Gasteiger partial charge in [0.1, 0.15) is 5.82 Å². The van der Waals surface area contributed by atoms with Crippen LogP contribution in [0.2, 0.25) is 0 Å². The topological polar surface area (TPSA) is 70.0 Å². The van der Waals surface area contributed by atoms with Crippen LogP contribution >= 0.6 is 24.0 Å². The Kier molecular flexibility index (Phi) is 8.05. The molecule has 4 aromatic rings. The summed E-state index contributed by atoms with van der Waals surface area (Å²) < 4.78 is 15.2. The van der Waals surface area contributed by atoms with Gasteiger partial charge in [0.25, 0.3) is 0 Å². The van der Waals surface area contributed by atoms with E-state index in [9.17, 15) is 4.39 Å². The number of aliphatic imine (C=N–C) groups is 1. The third-order valence-electron chi connectivity index (χ3n) is 5.05. The minimum absolute atomic E-state index is 0. The van der Waals surface area contributed by atoms with Crippen LogP contribution in [-0.4, -0.2) is 40.9 Å². The second-order valence-corrected chi connectivity index (χ2v) is 7.05. The highest BCUT2D eigenvalue weighted by molar-refractivity contribution is 14.0. The van der Waals surface area contributed by atoms with Gasteiger partial charge in [-0.2, -0.15) is 5.10 Å². The van der Waals surface area contributed by atoms with Crippen LogP contribution in [0, 0.1) is 5.82 Å². The van der Waals surface area contributed by atoms with Crippen molar-refractivity contribution in [3.05, 3.63) is 84.1 Å². The first kappa shape index (κ1) is 22.8. The molecule has 4 rings (SSSR count). The van der Waals surface area contributed by atoms with Gasteiger partial charge in [0, 0.05) is 49.6 Å². The summed E-state index contributed by atoms with van der Waals surface area (Å²) >= 11 is 0. The Hall–Kier alpha value is -2.88. The molecule has 31 heavy (non-hydrogen) atoms. The molecular formula is C23H26FIN6. The fourth-order valence-corrected chi connectivity index (χ4v) is 3.46. The van der Waals surface area contributed by atoms with E-state index in [2.05, 4.69) is 50.0 Å². The highest BCUT2D eigenvalue weighted by Crippen LogP contribution is 2.19. The summed E-state index contributed by atoms with van der Waals surface area (Å²) in [6, 6.07) is 15.1. The second-order valence-electron chi connectivity index (χ2n) is 7.05. The van der Waals surface area contributed by atoms with Crippen molar-refractivity contribution in [2.24, 2.45) is 4.99 Å². The number of nitrogens with one attached hydrogen (secondary N) is 3. The van der Waals surface area contributed by atoms with Gasteiger partial charge in [-0.25, -0.2) is 9.07 Å². The van der Waals surface area contributed by atoms with E-state index in [4.69, 9.17) is 0 Å². The number of benzene rings is 2. The summed E-state index contributed by atoms with van der Waals surface area (Å²) in [7, 11) is 1.77. The summed E-state index contributed by atoms with van der Waals surface area (Å²) in [4.78, 5) is 7.41. The molecule has 0 saturated heterocycles. The van der Waals surface area contributed by atoms with Crippen LogP contribution in [0.1, 0.15) is 11.1 Å². The number of guanidine groups is 1. The van der Waals surface area contributed by atoms with Crippen molar-refractivity contribution in [3.63, 3.8) is 0 Å². The van der Waals surface area contributed by atoms with Gasteiger partial charge >= 0.3 is 0 Å². The quantitative estimate of drug-likeness (QED) is 0.191. The fourth-order valence-electron chi connectivity index (χ4n) is 3.46. The van der Waals surface area contributed by atoms with Crippen molar-refractivity contribution in [2.75, 3.05) is 20.1 Å². The Morgan fingerprint density at radius 1 is 1.10 bits per heavy atom. The molecule has 0 fully saturated rings. The molecule has 2 heterocycles. The Balaban J connectivity index is 0.00000272. The number of hydrogen-bond acceptors (Lipinski definition) is 2. The van der Waals surface area contributed by atoms with E-state index in [-0.39, 0.29) is 29.8 Å². The van der Waals surface area contributed by atoms with E-state index in [0.717, 1.165) is 54.0 Å². The smallest absolute Gasteiger partial charge is 0.190 e. The third-order valence-corrected chi connectivity index (χ3v) is 5.05. The predicted molar refractivity (Wildman–Crippen MR) is 134 cm³/mol. The lowest BCUT2D eigenvalue weighted by atomic mass is 10.1. The van der Waals surface area contributed by atoms with Gasteiger partial charge in [-0.1, -0.05) is 12.1 Å². The van der Waals surface area contributed by atoms with E-state index in [1.165, 1.54) is 17.7 Å². The number of rotatable bonds is 7. The van der Waals surface area contributed by atoms with Crippen molar-refractivity contribution in [1.82, 2.24) is 25.4 Å². The largest absolute Gasteiger partial charge is 0.361 e. The van der Waals surface area contributed by atoms with Crippen LogP contribution in [0.25, 0.3) is 16.6 Å². The molecule has 0 spiro atoms. The molecule has 0 aliphatic carbocycles. The van der Waals surface area contributed by atoms with E-state index in [0.29, 0.717) is 0 Å². The fraction of sp³-hybridized carbons (Fsp3) is 0.217. The van der Waals surface area contributed by atoms with Gasteiger partial charge in [0.05, 0.1) is 5.69 Å². The maximum atomic E-state index is 13.3. The van der Waals surface area contributed by atoms with E-state index in [1.807, 2.05) is 29.2 Å². The van der Waals surface area contributed by atoms with Gasteiger partial charge in [0.2, 0.25) is 0 Å². The van der Waals surface area contributed by atoms with E-state index >= 15 is 0 Å². The number of aromatic amines is 1. The Labute approximate surface area is 198 Å². The van der Waals surface area contributed by atoms with Gasteiger partial charge in [-0.3, -0.25) is 4.99 Å². The summed E-state index contributed by atoms with van der Waals surface area (Å²) in [5.41, 5.74) is 4.28. The molecule has 6 nitrogen and oxygen atoms in total. The summed E-state index contributed by atoms with van der Waals surface area (Å²) in [6.07, 6.45) is 7.36. The maximum Gasteiger partial charge on any atom is 0.190 e. The van der Waals surface area contributed by atoms with Crippen LogP contribution in [0.4, 0.5) is 4.39 Å². The molecule has 0 saturated carbocycles. The van der Waals surface area contributed by atoms with E-state index in [1.54, 1.807) is 13.2 Å². The molecule has 0 amide bonds. The molecule has 2 aromatic heterocycles. The number of aromatic nitrogens is 3. The molecule has 2 aromatic carbocycles. The van der Waals surface area contributed by atoms with Gasteiger partial charge < -0.3 is 15.6 Å². The van der Waals surface area contributed by atoms with Crippen LogP contribution in [-0.2, 0) is 12.8 Å². The van der Waals surface area contributed by atoms with Crippen molar-refractivity contribution >= 4 is 40.8 Å². The lowest BCUT2D eigenvalue weighted by Gasteiger charge is -2.12. The zero-order valence-corrected chi connectivity index (χ0v) is 19.6. The first-order valence-corrected chi connectivity index (χ1v) is 10.0.